The summed E-state index contributed by atoms with van der Waals surface area (Å²) < 4.78 is 37.1. The Labute approximate surface area is 208 Å². The Morgan fingerprint density at radius 1 is 1.17 bits per heavy atom. The number of hydrogen-bond acceptors (Lipinski definition) is 9. The Balaban J connectivity index is 1.62. The molecule has 190 valence electrons. The molecule has 15 heteroatoms. The predicted octanol–water partition coefficient (Wildman–Crippen LogP) is 2.35. The van der Waals surface area contributed by atoms with E-state index < -0.39 is 36.3 Å². The summed E-state index contributed by atoms with van der Waals surface area (Å²) in [6, 6.07) is 5.84. The minimum Gasteiger partial charge on any atom is -0.460 e. The van der Waals surface area contributed by atoms with E-state index in [1.165, 1.54) is 13.2 Å². The van der Waals surface area contributed by atoms with E-state index in [9.17, 15) is 23.2 Å². The van der Waals surface area contributed by atoms with E-state index in [2.05, 4.69) is 25.8 Å². The van der Waals surface area contributed by atoms with Crippen LogP contribution in [0.3, 0.4) is 0 Å². The zero-order chi connectivity index (χ0) is 26.2. The largest absolute Gasteiger partial charge is 0.460 e. The molecule has 36 heavy (non-hydrogen) atoms. The summed E-state index contributed by atoms with van der Waals surface area (Å²) in [7, 11) is 2.99. The summed E-state index contributed by atoms with van der Waals surface area (Å²) in [6.45, 7) is -0.628. The molecule has 2 N–H and O–H groups in total. The van der Waals surface area contributed by atoms with Crippen LogP contribution in [-0.2, 0) is 27.6 Å². The highest BCUT2D eigenvalue weighted by Crippen LogP contribution is 2.19. The van der Waals surface area contributed by atoms with Crippen molar-refractivity contribution in [2.45, 2.75) is 13.3 Å². The van der Waals surface area contributed by atoms with E-state index >= 15 is 0 Å². The summed E-state index contributed by atoms with van der Waals surface area (Å²) in [5, 5.41) is 12.1. The van der Waals surface area contributed by atoms with Crippen molar-refractivity contribution in [3.8, 4) is 0 Å². The maximum absolute atomic E-state index is 13.8. The average molecular weight is 524 g/mol. The minimum atomic E-state index is -0.991. The van der Waals surface area contributed by atoms with Gasteiger partial charge in [-0.05, 0) is 25.2 Å². The Bertz CT molecular complexity index is 1270. The van der Waals surface area contributed by atoms with Crippen molar-refractivity contribution in [1.82, 2.24) is 25.3 Å². The second-order valence-corrected chi connectivity index (χ2v) is 7.42. The number of esters is 1. The molecule has 0 radical (unpaired) electrons. The van der Waals surface area contributed by atoms with E-state index in [1.807, 2.05) is 0 Å². The number of likely N-dealkylation sites (N-methyl/N-ethyl adjacent to an activating group) is 1. The third-order valence-corrected chi connectivity index (χ3v) is 4.74. The predicted molar refractivity (Wildman–Crippen MR) is 122 cm³/mol. The van der Waals surface area contributed by atoms with Gasteiger partial charge in [0.1, 0.15) is 24.1 Å². The number of halogens is 3. The van der Waals surface area contributed by atoms with Gasteiger partial charge < -0.3 is 20.1 Å². The first-order valence-electron chi connectivity index (χ1n) is 10.2. The molecule has 0 spiro atoms. The number of anilines is 2. The zero-order valence-corrected chi connectivity index (χ0v) is 19.8. The molecule has 3 aromatic rings. The number of pyridine rings is 1. The minimum absolute atomic E-state index is 0.0196. The summed E-state index contributed by atoms with van der Waals surface area (Å²) in [6.07, 6.45) is 0.589. The fourth-order valence-electron chi connectivity index (χ4n) is 2.79. The number of nitrogens with one attached hydrogen (secondary N) is 2. The maximum Gasteiger partial charge on any atom is 0.417 e. The Kier molecular flexibility index (Phi) is 8.81. The fraction of sp³-hybridized carbons (Fsp3) is 0.238. The number of carbonyl (C=O) groups is 3. The third-order valence-electron chi connectivity index (χ3n) is 4.48. The van der Waals surface area contributed by atoms with Crippen LogP contribution in [0.2, 0.25) is 5.15 Å². The fourth-order valence-corrected chi connectivity index (χ4v) is 3.00. The van der Waals surface area contributed by atoms with Gasteiger partial charge in [0.15, 0.2) is 10.8 Å². The van der Waals surface area contributed by atoms with Crippen LogP contribution >= 0.6 is 11.6 Å². The lowest BCUT2D eigenvalue weighted by Gasteiger charge is -2.18. The topological polar surface area (TPSA) is 141 Å². The SMILES string of the molecule is CNCC(=O)OCc1cccnc1N(C)C(=O)OCn1nc(Cl)c(C(=O)Nc2ccc(F)cc2F)n1. The molecular weight excluding hydrogens is 504 g/mol. The molecule has 0 atom stereocenters. The van der Waals surface area contributed by atoms with Gasteiger partial charge in [-0.3, -0.25) is 14.5 Å². The molecule has 0 saturated heterocycles. The lowest BCUT2D eigenvalue weighted by Crippen LogP contribution is -2.30. The zero-order valence-electron chi connectivity index (χ0n) is 19.0. The van der Waals surface area contributed by atoms with Gasteiger partial charge in [-0.15, -0.1) is 15.0 Å². The number of hydrogen-bond donors (Lipinski definition) is 2. The van der Waals surface area contributed by atoms with Crippen LogP contribution in [-0.4, -0.2) is 58.6 Å². The molecule has 0 aliphatic rings. The Hall–Kier alpha value is -4.17. The highest BCUT2D eigenvalue weighted by Gasteiger charge is 2.21. The second kappa shape index (κ2) is 12.0. The van der Waals surface area contributed by atoms with Crippen molar-refractivity contribution >= 4 is 41.1 Å². The number of amides is 2. The first-order valence-corrected chi connectivity index (χ1v) is 10.6. The monoisotopic (exact) mass is 523 g/mol. The molecule has 0 aliphatic carbocycles. The highest BCUT2D eigenvalue weighted by atomic mass is 35.5. The van der Waals surface area contributed by atoms with E-state index in [1.54, 1.807) is 19.2 Å². The third kappa shape index (κ3) is 6.70. The van der Waals surface area contributed by atoms with Gasteiger partial charge >= 0.3 is 12.1 Å². The van der Waals surface area contributed by atoms with E-state index in [0.29, 0.717) is 11.6 Å². The number of nitrogens with zero attached hydrogens (tertiary/aromatic N) is 5. The molecular formula is C21H20ClF2N7O5. The Morgan fingerprint density at radius 3 is 2.67 bits per heavy atom. The second-order valence-electron chi connectivity index (χ2n) is 7.07. The number of ether oxygens (including phenoxy) is 2. The molecule has 0 bridgehead atoms. The van der Waals surface area contributed by atoms with Crippen molar-refractivity contribution in [2.24, 2.45) is 0 Å². The molecule has 2 amide bonds. The van der Waals surface area contributed by atoms with Crippen molar-refractivity contribution in [1.29, 1.82) is 0 Å². The summed E-state index contributed by atoms with van der Waals surface area (Å²) in [5.74, 6) is -3.01. The van der Waals surface area contributed by atoms with Gasteiger partial charge in [0, 0.05) is 24.9 Å². The summed E-state index contributed by atoms with van der Waals surface area (Å²) in [5.41, 5.74) is -0.211. The van der Waals surface area contributed by atoms with Gasteiger partial charge in [0.05, 0.1) is 12.2 Å². The standard InChI is InChI=1S/C21H20ClF2N7O5/c1-25-9-16(32)35-10-12-4-3-7-26-19(12)30(2)21(34)36-11-31-28-17(18(22)29-31)20(33)27-15-6-5-13(23)8-14(15)24/h3-8,25H,9-11H2,1-2H3,(H,27,33). The van der Waals surface area contributed by atoms with Crippen molar-refractivity contribution in [3.63, 3.8) is 0 Å². The molecule has 2 heterocycles. The smallest absolute Gasteiger partial charge is 0.417 e. The van der Waals surface area contributed by atoms with Crippen LogP contribution in [0.1, 0.15) is 16.1 Å². The summed E-state index contributed by atoms with van der Waals surface area (Å²) >= 11 is 5.93. The molecule has 0 fully saturated rings. The van der Waals surface area contributed by atoms with Crippen LogP contribution in [0.15, 0.2) is 36.5 Å². The van der Waals surface area contributed by atoms with Crippen molar-refractivity contribution in [3.05, 3.63) is 64.6 Å². The van der Waals surface area contributed by atoms with Crippen LogP contribution < -0.4 is 15.5 Å². The van der Waals surface area contributed by atoms with Crippen LogP contribution in [0.5, 0.6) is 0 Å². The maximum atomic E-state index is 13.8. The molecule has 1 aromatic carbocycles. The normalized spacial score (nSPS) is 10.6. The van der Waals surface area contributed by atoms with Crippen LogP contribution in [0.4, 0.5) is 25.1 Å². The molecule has 3 rings (SSSR count). The van der Waals surface area contributed by atoms with Gasteiger partial charge in [-0.1, -0.05) is 17.7 Å². The van der Waals surface area contributed by atoms with Gasteiger partial charge in [0.25, 0.3) is 5.91 Å². The van der Waals surface area contributed by atoms with Crippen LogP contribution in [0.25, 0.3) is 0 Å². The first kappa shape index (κ1) is 26.4. The quantitative estimate of drug-likeness (QED) is 0.404. The first-order chi connectivity index (χ1) is 17.2. The Morgan fingerprint density at radius 2 is 1.94 bits per heavy atom. The lowest BCUT2D eigenvalue weighted by molar-refractivity contribution is -0.143. The molecule has 0 unspecified atom stereocenters. The molecule has 2 aromatic heterocycles. The van der Waals surface area contributed by atoms with Gasteiger partial charge in [-0.2, -0.15) is 0 Å². The van der Waals surface area contributed by atoms with Gasteiger partial charge in [0.2, 0.25) is 6.73 Å². The van der Waals surface area contributed by atoms with E-state index in [4.69, 9.17) is 21.1 Å². The van der Waals surface area contributed by atoms with E-state index in [0.717, 1.165) is 21.8 Å². The molecule has 0 saturated carbocycles. The molecule has 12 nitrogen and oxygen atoms in total. The highest BCUT2D eigenvalue weighted by molar-refractivity contribution is 6.32. The van der Waals surface area contributed by atoms with Gasteiger partial charge in [-0.25, -0.2) is 18.6 Å². The van der Waals surface area contributed by atoms with Crippen molar-refractivity contribution < 1.29 is 32.6 Å². The number of benzene rings is 1. The van der Waals surface area contributed by atoms with Crippen LogP contribution in [0, 0.1) is 11.6 Å². The lowest BCUT2D eigenvalue weighted by atomic mass is 10.2. The number of aromatic nitrogens is 4. The molecule has 0 aliphatic heterocycles. The average Bonchev–Trinajstić information content (AvgIpc) is 3.23. The number of carbonyl (C=O) groups excluding carboxylic acids is 3. The summed E-state index contributed by atoms with van der Waals surface area (Å²) in [4.78, 5) is 42.5. The number of rotatable bonds is 9. The van der Waals surface area contributed by atoms with Crippen molar-refractivity contribution in [2.75, 3.05) is 30.9 Å². The van der Waals surface area contributed by atoms with E-state index in [-0.39, 0.29) is 35.5 Å².